The number of nitrogens with one attached hydrogen (secondary N) is 2. The van der Waals surface area contributed by atoms with Gasteiger partial charge in [0.2, 0.25) is 22.0 Å². The van der Waals surface area contributed by atoms with Crippen LogP contribution in [-0.2, 0) is 20.5 Å². The van der Waals surface area contributed by atoms with E-state index in [4.69, 9.17) is 4.74 Å². The number of ether oxygens (including phenoxy) is 1. The van der Waals surface area contributed by atoms with E-state index in [0.29, 0.717) is 13.2 Å². The molecule has 0 saturated carbocycles. The molecule has 0 unspecified atom stereocenters. The monoisotopic (exact) mass is 352 g/mol. The molecule has 2 N–H and O–H groups in total. The molecule has 0 aromatic carbocycles. The summed E-state index contributed by atoms with van der Waals surface area (Å²) in [5.41, 5.74) is 0. The summed E-state index contributed by atoms with van der Waals surface area (Å²) in [5, 5.41) is 9.64. The summed E-state index contributed by atoms with van der Waals surface area (Å²) >= 11 is 0.233. The minimum absolute atomic E-state index is 0.00922. The van der Waals surface area contributed by atoms with Crippen molar-refractivity contribution in [3.63, 3.8) is 0 Å². The molecule has 11 heteroatoms. The number of nitrogens with zero attached hydrogens (tertiary/aromatic N) is 2. The van der Waals surface area contributed by atoms with E-state index in [9.17, 15) is 22.8 Å². The van der Waals surface area contributed by atoms with E-state index in [-0.39, 0.29) is 41.3 Å². The third-order valence-corrected chi connectivity index (χ3v) is 3.93. The van der Waals surface area contributed by atoms with E-state index in [0.717, 1.165) is 12.8 Å². The van der Waals surface area contributed by atoms with Gasteiger partial charge in [-0.1, -0.05) is 11.3 Å². The topological polar surface area (TPSA) is 93.2 Å². The number of hydrogen-bond acceptors (Lipinski definition) is 6. The Morgan fingerprint density at radius 2 is 2.00 bits per heavy atom. The smallest absolute Gasteiger partial charge is 0.376 e. The van der Waals surface area contributed by atoms with Gasteiger partial charge in [-0.05, 0) is 12.8 Å². The molecule has 0 aliphatic carbocycles. The Kier molecular flexibility index (Phi) is 5.88. The van der Waals surface area contributed by atoms with Crippen molar-refractivity contribution < 1.29 is 27.5 Å². The third-order valence-electron chi connectivity index (χ3n) is 3.04. The van der Waals surface area contributed by atoms with E-state index in [1.54, 1.807) is 0 Å². The fraction of sp³-hybridized carbons (Fsp3) is 0.667. The van der Waals surface area contributed by atoms with Crippen molar-refractivity contribution in [3.05, 3.63) is 5.01 Å². The average Bonchev–Trinajstić information content (AvgIpc) is 3.13. The molecule has 2 rings (SSSR count). The SMILES string of the molecule is O=C(CCC(=O)Nc1nnc(C(F)(F)F)s1)NC[C@@H]1CCCO1. The normalized spacial score (nSPS) is 18.0. The number of anilines is 1. The molecule has 23 heavy (non-hydrogen) atoms. The van der Waals surface area contributed by atoms with E-state index < -0.39 is 17.1 Å². The molecule has 0 radical (unpaired) electrons. The van der Waals surface area contributed by atoms with Gasteiger partial charge in [0.05, 0.1) is 6.10 Å². The van der Waals surface area contributed by atoms with Crippen molar-refractivity contribution in [1.29, 1.82) is 0 Å². The first-order valence-corrected chi connectivity index (χ1v) is 7.75. The Morgan fingerprint density at radius 3 is 2.61 bits per heavy atom. The first kappa shape index (κ1) is 17.6. The van der Waals surface area contributed by atoms with E-state index in [2.05, 4.69) is 20.8 Å². The lowest BCUT2D eigenvalue weighted by atomic mass is 10.2. The van der Waals surface area contributed by atoms with Gasteiger partial charge in [-0.3, -0.25) is 9.59 Å². The molecule has 1 saturated heterocycles. The second kappa shape index (κ2) is 7.68. The second-order valence-corrected chi connectivity index (χ2v) is 5.87. The van der Waals surface area contributed by atoms with Crippen LogP contribution in [0.5, 0.6) is 0 Å². The summed E-state index contributed by atoms with van der Waals surface area (Å²) in [6.45, 7) is 1.08. The fourth-order valence-electron chi connectivity index (χ4n) is 1.92. The number of carbonyl (C=O) groups excluding carboxylic acids is 2. The highest BCUT2D eigenvalue weighted by Crippen LogP contribution is 2.32. The van der Waals surface area contributed by atoms with Gasteiger partial charge in [-0.15, -0.1) is 10.2 Å². The maximum atomic E-state index is 12.3. The molecule has 2 heterocycles. The summed E-state index contributed by atoms with van der Waals surface area (Å²) in [5.74, 6) is -0.911. The van der Waals surface area contributed by atoms with Crippen LogP contribution in [0.4, 0.5) is 18.3 Å². The van der Waals surface area contributed by atoms with Gasteiger partial charge in [-0.25, -0.2) is 0 Å². The zero-order valence-electron chi connectivity index (χ0n) is 12.0. The molecule has 0 bridgehead atoms. The van der Waals surface area contributed by atoms with Gasteiger partial charge in [0.15, 0.2) is 0 Å². The Balaban J connectivity index is 1.68. The van der Waals surface area contributed by atoms with Crippen LogP contribution in [-0.4, -0.2) is 41.3 Å². The number of hydrogen-bond donors (Lipinski definition) is 2. The van der Waals surface area contributed by atoms with Crippen molar-refractivity contribution in [2.24, 2.45) is 0 Å². The fourth-order valence-corrected chi connectivity index (χ4v) is 2.55. The standard InChI is InChI=1S/C12H15F3N4O3S/c13-12(14,15)10-18-19-11(23-10)17-9(21)4-3-8(20)16-6-7-2-1-5-22-7/h7H,1-6H2,(H,16,20)(H,17,19,21)/t7-/m0/s1. The maximum Gasteiger partial charge on any atom is 0.445 e. The molecule has 1 aromatic rings. The van der Waals surface area contributed by atoms with Crippen LogP contribution in [0.15, 0.2) is 0 Å². The summed E-state index contributed by atoms with van der Waals surface area (Å²) < 4.78 is 42.4. The van der Waals surface area contributed by atoms with Crippen molar-refractivity contribution >= 4 is 28.3 Å². The van der Waals surface area contributed by atoms with Gasteiger partial charge in [-0.2, -0.15) is 13.2 Å². The van der Waals surface area contributed by atoms with Crippen molar-refractivity contribution in [3.8, 4) is 0 Å². The molecule has 2 amide bonds. The Hall–Kier alpha value is -1.75. The van der Waals surface area contributed by atoms with E-state index >= 15 is 0 Å². The highest BCUT2D eigenvalue weighted by atomic mass is 32.1. The lowest BCUT2D eigenvalue weighted by molar-refractivity contribution is -0.138. The van der Waals surface area contributed by atoms with Crippen molar-refractivity contribution in [2.75, 3.05) is 18.5 Å². The number of amides is 2. The maximum absolute atomic E-state index is 12.3. The van der Waals surface area contributed by atoms with Crippen molar-refractivity contribution in [2.45, 2.75) is 38.0 Å². The summed E-state index contributed by atoms with van der Waals surface area (Å²) in [7, 11) is 0. The number of rotatable bonds is 6. The quantitative estimate of drug-likeness (QED) is 0.811. The number of carbonyl (C=O) groups is 2. The number of alkyl halides is 3. The Labute approximate surface area is 133 Å². The minimum atomic E-state index is -4.59. The van der Waals surface area contributed by atoms with Crippen LogP contribution in [0, 0.1) is 0 Å². The first-order chi connectivity index (χ1) is 10.8. The zero-order valence-corrected chi connectivity index (χ0v) is 12.8. The minimum Gasteiger partial charge on any atom is -0.376 e. The van der Waals surface area contributed by atoms with Crippen LogP contribution in [0.1, 0.15) is 30.7 Å². The largest absolute Gasteiger partial charge is 0.445 e. The molecule has 0 spiro atoms. The molecule has 1 fully saturated rings. The Bertz CT molecular complexity index is 558. The van der Waals surface area contributed by atoms with E-state index in [1.807, 2.05) is 0 Å². The third kappa shape index (κ3) is 5.75. The highest BCUT2D eigenvalue weighted by molar-refractivity contribution is 7.15. The van der Waals surface area contributed by atoms with Gasteiger partial charge in [0, 0.05) is 26.0 Å². The molecule has 1 aliphatic heterocycles. The molecule has 1 aliphatic rings. The molecule has 1 atom stereocenters. The van der Waals surface area contributed by atoms with E-state index in [1.165, 1.54) is 0 Å². The highest BCUT2D eigenvalue weighted by Gasteiger charge is 2.35. The average molecular weight is 352 g/mol. The molecule has 7 nitrogen and oxygen atoms in total. The van der Waals surface area contributed by atoms with Crippen LogP contribution in [0.25, 0.3) is 0 Å². The van der Waals surface area contributed by atoms with Gasteiger partial charge in [0.25, 0.3) is 0 Å². The van der Waals surface area contributed by atoms with Crippen LogP contribution >= 0.6 is 11.3 Å². The molecule has 128 valence electrons. The summed E-state index contributed by atoms with van der Waals surface area (Å²) in [4.78, 5) is 23.1. The predicted molar refractivity (Wildman–Crippen MR) is 74.8 cm³/mol. The first-order valence-electron chi connectivity index (χ1n) is 6.93. The summed E-state index contributed by atoms with van der Waals surface area (Å²) in [6, 6.07) is 0. The predicted octanol–water partition coefficient (Wildman–Crippen LogP) is 1.57. The van der Waals surface area contributed by atoms with Crippen LogP contribution in [0.2, 0.25) is 0 Å². The lowest BCUT2D eigenvalue weighted by Gasteiger charge is -2.10. The number of halogens is 3. The van der Waals surface area contributed by atoms with Crippen LogP contribution in [0.3, 0.4) is 0 Å². The molecular weight excluding hydrogens is 337 g/mol. The van der Waals surface area contributed by atoms with Gasteiger partial charge >= 0.3 is 6.18 Å². The molecule has 1 aromatic heterocycles. The van der Waals surface area contributed by atoms with Gasteiger partial charge in [0.1, 0.15) is 0 Å². The lowest BCUT2D eigenvalue weighted by Crippen LogP contribution is -2.32. The van der Waals surface area contributed by atoms with Crippen LogP contribution < -0.4 is 10.6 Å². The van der Waals surface area contributed by atoms with Crippen molar-refractivity contribution in [1.82, 2.24) is 15.5 Å². The Morgan fingerprint density at radius 1 is 1.26 bits per heavy atom. The molecular formula is C12H15F3N4O3S. The summed E-state index contributed by atoms with van der Waals surface area (Å²) in [6.07, 6.45) is -2.95. The second-order valence-electron chi connectivity index (χ2n) is 4.90. The number of aromatic nitrogens is 2. The zero-order chi connectivity index (χ0) is 16.9. The van der Waals surface area contributed by atoms with Gasteiger partial charge < -0.3 is 15.4 Å².